The smallest absolute Gasteiger partial charge is 0.0922 e. The van der Waals surface area contributed by atoms with Crippen LogP contribution in [0.4, 0.5) is 0 Å². The molecule has 0 aliphatic carbocycles. The molecule has 0 bridgehead atoms. The highest BCUT2D eigenvalue weighted by atomic mass is 15.0. The summed E-state index contributed by atoms with van der Waals surface area (Å²) < 4.78 is 0. The molecular weight excluding hydrogens is 284 g/mol. The van der Waals surface area contributed by atoms with Gasteiger partial charge in [0, 0.05) is 24.5 Å². The molecular formula is C19H18N4. The minimum Gasteiger partial charge on any atom is -0.361 e. The highest BCUT2D eigenvalue weighted by molar-refractivity contribution is 5.79. The lowest BCUT2D eigenvalue weighted by Crippen LogP contribution is -2.22. The first-order valence-corrected chi connectivity index (χ1v) is 7.73. The van der Waals surface area contributed by atoms with Crippen LogP contribution in [0.2, 0.25) is 0 Å². The first kappa shape index (κ1) is 13.8. The molecule has 114 valence electrons. The summed E-state index contributed by atoms with van der Waals surface area (Å²) in [6.07, 6.45) is 5.57. The van der Waals surface area contributed by atoms with Crippen molar-refractivity contribution in [1.82, 2.24) is 20.3 Å². The maximum atomic E-state index is 4.16. The van der Waals surface area contributed by atoms with Gasteiger partial charge < -0.3 is 15.3 Å². The van der Waals surface area contributed by atoms with Crippen molar-refractivity contribution in [1.29, 1.82) is 0 Å². The molecule has 4 rings (SSSR count). The Morgan fingerprint density at radius 1 is 1.00 bits per heavy atom. The molecule has 0 spiro atoms. The monoisotopic (exact) mass is 302 g/mol. The van der Waals surface area contributed by atoms with Gasteiger partial charge in [0.15, 0.2) is 0 Å². The summed E-state index contributed by atoms with van der Waals surface area (Å²) in [7, 11) is 0. The third-order valence-corrected chi connectivity index (χ3v) is 4.09. The summed E-state index contributed by atoms with van der Waals surface area (Å²) in [6.45, 7) is 0.791. The van der Waals surface area contributed by atoms with Crippen molar-refractivity contribution >= 4 is 10.9 Å². The Balaban J connectivity index is 1.58. The third-order valence-electron chi connectivity index (χ3n) is 4.09. The summed E-state index contributed by atoms with van der Waals surface area (Å²) in [6, 6.07) is 19.1. The molecule has 4 aromatic rings. The van der Waals surface area contributed by atoms with Gasteiger partial charge in [0.05, 0.1) is 18.1 Å². The van der Waals surface area contributed by atoms with E-state index in [1.54, 1.807) is 6.33 Å². The van der Waals surface area contributed by atoms with Crippen molar-refractivity contribution in [3.63, 3.8) is 0 Å². The number of imidazole rings is 1. The van der Waals surface area contributed by atoms with E-state index in [9.17, 15) is 0 Å². The van der Waals surface area contributed by atoms with Crippen LogP contribution in [0.15, 0.2) is 73.3 Å². The number of nitrogens with one attached hydrogen (secondary N) is 3. The second-order valence-corrected chi connectivity index (χ2v) is 5.63. The number of aromatic nitrogens is 3. The van der Waals surface area contributed by atoms with E-state index in [4.69, 9.17) is 0 Å². The summed E-state index contributed by atoms with van der Waals surface area (Å²) in [4.78, 5) is 10.6. The average molecular weight is 302 g/mol. The van der Waals surface area contributed by atoms with Gasteiger partial charge in [0.1, 0.15) is 0 Å². The van der Waals surface area contributed by atoms with Crippen LogP contribution in [0.25, 0.3) is 10.9 Å². The number of rotatable bonds is 5. The third kappa shape index (κ3) is 2.89. The van der Waals surface area contributed by atoms with Gasteiger partial charge in [0.25, 0.3) is 0 Å². The molecule has 0 aliphatic heterocycles. The first-order valence-electron chi connectivity index (χ1n) is 7.73. The maximum Gasteiger partial charge on any atom is 0.0922 e. The fraction of sp³-hybridized carbons (Fsp3) is 0.105. The fourth-order valence-corrected chi connectivity index (χ4v) is 2.91. The lowest BCUT2D eigenvalue weighted by molar-refractivity contribution is 0.594. The van der Waals surface area contributed by atoms with Crippen LogP contribution in [-0.2, 0) is 6.54 Å². The summed E-state index contributed by atoms with van der Waals surface area (Å²) >= 11 is 0. The normalized spacial score (nSPS) is 12.5. The lowest BCUT2D eigenvalue weighted by Gasteiger charge is -2.18. The summed E-state index contributed by atoms with van der Waals surface area (Å²) in [5.74, 6) is 0. The van der Waals surface area contributed by atoms with Crippen LogP contribution >= 0.6 is 0 Å². The van der Waals surface area contributed by atoms with Gasteiger partial charge in [-0.3, -0.25) is 0 Å². The predicted molar refractivity (Wildman–Crippen MR) is 92.0 cm³/mol. The van der Waals surface area contributed by atoms with E-state index in [1.165, 1.54) is 22.0 Å². The molecule has 3 N–H and O–H groups in total. The van der Waals surface area contributed by atoms with E-state index in [0.717, 1.165) is 12.2 Å². The highest BCUT2D eigenvalue weighted by Crippen LogP contribution is 2.21. The van der Waals surface area contributed by atoms with E-state index >= 15 is 0 Å². The Hall–Kier alpha value is -2.85. The highest BCUT2D eigenvalue weighted by Gasteiger charge is 2.14. The first-order chi connectivity index (χ1) is 11.4. The molecule has 2 aromatic carbocycles. The van der Waals surface area contributed by atoms with Crippen molar-refractivity contribution in [2.75, 3.05) is 0 Å². The zero-order valence-electron chi connectivity index (χ0n) is 12.7. The number of fused-ring (bicyclic) bond motifs is 1. The Morgan fingerprint density at radius 2 is 1.91 bits per heavy atom. The second-order valence-electron chi connectivity index (χ2n) is 5.63. The van der Waals surface area contributed by atoms with E-state index in [1.807, 2.05) is 18.5 Å². The molecule has 0 radical (unpaired) electrons. The molecule has 0 saturated heterocycles. The van der Waals surface area contributed by atoms with Gasteiger partial charge in [-0.15, -0.1) is 0 Å². The number of benzene rings is 2. The minimum absolute atomic E-state index is 0.0978. The van der Waals surface area contributed by atoms with Crippen molar-refractivity contribution in [3.05, 3.63) is 90.1 Å². The van der Waals surface area contributed by atoms with Crippen molar-refractivity contribution in [2.24, 2.45) is 0 Å². The predicted octanol–water partition coefficient (Wildman–Crippen LogP) is 3.77. The number of hydrogen-bond acceptors (Lipinski definition) is 2. The van der Waals surface area contributed by atoms with Crippen LogP contribution < -0.4 is 5.32 Å². The molecule has 2 aromatic heterocycles. The van der Waals surface area contributed by atoms with Crippen LogP contribution in [-0.4, -0.2) is 15.0 Å². The molecule has 0 saturated carbocycles. The summed E-state index contributed by atoms with van der Waals surface area (Å²) in [5, 5.41) is 4.87. The Kier molecular flexibility index (Phi) is 3.66. The molecule has 0 fully saturated rings. The molecule has 0 amide bonds. The van der Waals surface area contributed by atoms with Crippen LogP contribution in [0.1, 0.15) is 22.9 Å². The van der Waals surface area contributed by atoms with Crippen molar-refractivity contribution in [3.8, 4) is 0 Å². The topological polar surface area (TPSA) is 56.5 Å². The number of hydrogen-bond donors (Lipinski definition) is 3. The van der Waals surface area contributed by atoms with Crippen molar-refractivity contribution < 1.29 is 0 Å². The summed E-state index contributed by atoms with van der Waals surface area (Å²) in [5.41, 5.74) is 4.72. The average Bonchev–Trinajstić information content (AvgIpc) is 3.27. The Labute approximate surface area is 134 Å². The number of aromatic amines is 2. The second kappa shape index (κ2) is 6.10. The number of H-pyrrole nitrogens is 2. The molecule has 2 heterocycles. The van der Waals surface area contributed by atoms with E-state index < -0.39 is 0 Å². The van der Waals surface area contributed by atoms with Gasteiger partial charge in [-0.05, 0) is 34.7 Å². The van der Waals surface area contributed by atoms with Gasteiger partial charge >= 0.3 is 0 Å². The SMILES string of the molecule is c1ccc(C(NCc2ccc3[nH]ccc3c2)c2cnc[nH]2)cc1. The zero-order valence-corrected chi connectivity index (χ0v) is 12.7. The molecule has 4 heteroatoms. The zero-order chi connectivity index (χ0) is 15.5. The van der Waals surface area contributed by atoms with Gasteiger partial charge in [-0.25, -0.2) is 4.98 Å². The van der Waals surface area contributed by atoms with Crippen LogP contribution in [0.3, 0.4) is 0 Å². The molecule has 1 unspecified atom stereocenters. The quantitative estimate of drug-likeness (QED) is 0.525. The van der Waals surface area contributed by atoms with Crippen LogP contribution in [0, 0.1) is 0 Å². The fourth-order valence-electron chi connectivity index (χ4n) is 2.91. The maximum absolute atomic E-state index is 4.16. The lowest BCUT2D eigenvalue weighted by atomic mass is 10.0. The molecule has 0 aliphatic rings. The molecule has 1 atom stereocenters. The largest absolute Gasteiger partial charge is 0.361 e. The van der Waals surface area contributed by atoms with Crippen molar-refractivity contribution in [2.45, 2.75) is 12.6 Å². The van der Waals surface area contributed by atoms with E-state index in [2.05, 4.69) is 68.8 Å². The minimum atomic E-state index is 0.0978. The van der Waals surface area contributed by atoms with Gasteiger partial charge in [-0.2, -0.15) is 0 Å². The Morgan fingerprint density at radius 3 is 2.74 bits per heavy atom. The van der Waals surface area contributed by atoms with E-state index in [0.29, 0.717) is 0 Å². The Bertz CT molecular complexity index is 878. The number of nitrogens with zero attached hydrogens (tertiary/aromatic N) is 1. The van der Waals surface area contributed by atoms with Crippen LogP contribution in [0.5, 0.6) is 0 Å². The molecule has 4 nitrogen and oxygen atoms in total. The van der Waals surface area contributed by atoms with Gasteiger partial charge in [0.2, 0.25) is 0 Å². The molecule has 23 heavy (non-hydrogen) atoms. The van der Waals surface area contributed by atoms with E-state index in [-0.39, 0.29) is 6.04 Å². The van der Waals surface area contributed by atoms with Gasteiger partial charge in [-0.1, -0.05) is 36.4 Å². The standard InChI is InChI=1S/C19H18N4/c1-2-4-15(5-3-1)19(18-12-20-13-23-18)22-11-14-6-7-17-16(10-14)8-9-21-17/h1-10,12-13,19,21-22H,11H2,(H,20,23).